The Morgan fingerprint density at radius 3 is 2.37 bits per heavy atom. The maximum absolute atomic E-state index is 12.0. The zero-order valence-electron chi connectivity index (χ0n) is 12.2. The minimum absolute atomic E-state index is 0.164. The fraction of sp³-hybridized carbons (Fsp3) is 0.467. The molecule has 0 unspecified atom stereocenters. The summed E-state index contributed by atoms with van der Waals surface area (Å²) >= 11 is 0. The number of likely N-dealkylation sites (N-methyl/N-ethyl adjacent to an activating group) is 1. The molecule has 0 atom stereocenters. The van der Waals surface area contributed by atoms with Crippen molar-refractivity contribution in [3.8, 4) is 5.75 Å². The molecule has 0 aromatic heterocycles. The molecule has 19 heavy (non-hydrogen) atoms. The van der Waals surface area contributed by atoms with E-state index in [2.05, 4.69) is 5.32 Å². The largest absolute Gasteiger partial charge is 0.496 e. The highest BCUT2D eigenvalue weighted by Crippen LogP contribution is 2.32. The number of Topliss-reactive ketones (excluding diaryl/α,β-unsaturated/α-hetero) is 1. The summed E-state index contributed by atoms with van der Waals surface area (Å²) in [5, 5.41) is 2.51. The summed E-state index contributed by atoms with van der Waals surface area (Å²) in [6, 6.07) is 5.08. The number of amides is 1. The lowest BCUT2D eigenvalue weighted by atomic mass is 9.85. The fourth-order valence-corrected chi connectivity index (χ4v) is 1.81. The average Bonchev–Trinajstić information content (AvgIpc) is 2.36. The van der Waals surface area contributed by atoms with Gasteiger partial charge < -0.3 is 10.1 Å². The lowest BCUT2D eigenvalue weighted by molar-refractivity contribution is -0.116. The average molecular weight is 263 g/mol. The number of ether oxygens (including phenoxy) is 1. The summed E-state index contributed by atoms with van der Waals surface area (Å²) in [5.74, 6) is -0.373. The predicted octanol–water partition coefficient (Wildman–Crippen LogP) is 2.31. The molecular weight excluding hydrogens is 242 g/mol. The summed E-state index contributed by atoms with van der Waals surface area (Å²) in [4.78, 5) is 23.5. The first kappa shape index (κ1) is 15.2. The number of rotatable bonds is 4. The van der Waals surface area contributed by atoms with Crippen molar-refractivity contribution in [3.05, 3.63) is 29.3 Å². The third-order valence-electron chi connectivity index (χ3n) is 2.81. The van der Waals surface area contributed by atoms with Crippen molar-refractivity contribution in [2.75, 3.05) is 13.7 Å². The van der Waals surface area contributed by atoms with E-state index >= 15 is 0 Å². The van der Waals surface area contributed by atoms with Crippen molar-refractivity contribution in [2.45, 2.75) is 33.1 Å². The topological polar surface area (TPSA) is 55.4 Å². The van der Waals surface area contributed by atoms with Crippen molar-refractivity contribution in [1.82, 2.24) is 5.32 Å². The van der Waals surface area contributed by atoms with E-state index in [0.29, 0.717) is 12.1 Å². The van der Waals surface area contributed by atoms with E-state index < -0.39 is 11.7 Å². The van der Waals surface area contributed by atoms with Crippen molar-refractivity contribution in [3.63, 3.8) is 0 Å². The Hall–Kier alpha value is -1.84. The van der Waals surface area contributed by atoms with E-state index in [-0.39, 0.29) is 5.41 Å². The Labute approximate surface area is 114 Å². The quantitative estimate of drug-likeness (QED) is 0.670. The first-order chi connectivity index (χ1) is 8.81. The number of nitrogens with one attached hydrogen (secondary N) is 1. The Balaban J connectivity index is 3.19. The Morgan fingerprint density at radius 1 is 1.26 bits per heavy atom. The van der Waals surface area contributed by atoms with Gasteiger partial charge in [-0.15, -0.1) is 0 Å². The van der Waals surface area contributed by atoms with E-state index in [1.54, 1.807) is 32.2 Å². The van der Waals surface area contributed by atoms with Crippen LogP contribution in [0.5, 0.6) is 5.75 Å². The smallest absolute Gasteiger partial charge is 0.292 e. The van der Waals surface area contributed by atoms with Crippen LogP contribution in [0.4, 0.5) is 0 Å². The molecule has 1 rings (SSSR count). The first-order valence-corrected chi connectivity index (χ1v) is 6.32. The molecular formula is C15H21NO3. The van der Waals surface area contributed by atoms with Gasteiger partial charge in [-0.2, -0.15) is 0 Å². The van der Waals surface area contributed by atoms with E-state index in [9.17, 15) is 9.59 Å². The number of hydrogen-bond acceptors (Lipinski definition) is 3. The molecule has 0 aliphatic heterocycles. The second kappa shape index (κ2) is 5.87. The molecule has 1 aromatic carbocycles. The number of carbonyl (C=O) groups excluding carboxylic acids is 2. The molecule has 104 valence electrons. The first-order valence-electron chi connectivity index (χ1n) is 6.32. The zero-order chi connectivity index (χ0) is 14.6. The molecule has 1 N–H and O–H groups in total. The molecule has 1 amide bonds. The summed E-state index contributed by atoms with van der Waals surface area (Å²) < 4.78 is 5.30. The molecule has 0 spiro atoms. The third-order valence-corrected chi connectivity index (χ3v) is 2.81. The van der Waals surface area contributed by atoms with E-state index in [1.807, 2.05) is 20.8 Å². The Bertz CT molecular complexity index is 487. The normalized spacial score (nSPS) is 11.0. The zero-order valence-corrected chi connectivity index (χ0v) is 12.2. The van der Waals surface area contributed by atoms with Crippen molar-refractivity contribution >= 4 is 11.7 Å². The number of methoxy groups -OCH3 is 1. The summed E-state index contributed by atoms with van der Waals surface area (Å²) in [6.07, 6.45) is 0. The van der Waals surface area contributed by atoms with E-state index in [4.69, 9.17) is 4.74 Å². The maximum Gasteiger partial charge on any atom is 0.292 e. The van der Waals surface area contributed by atoms with Gasteiger partial charge in [0.2, 0.25) is 5.78 Å². The second-order valence-electron chi connectivity index (χ2n) is 5.35. The van der Waals surface area contributed by atoms with Crippen LogP contribution >= 0.6 is 0 Å². The number of carbonyl (C=O) groups is 2. The van der Waals surface area contributed by atoms with E-state index in [1.165, 1.54) is 0 Å². The molecule has 0 bridgehead atoms. The van der Waals surface area contributed by atoms with Crippen molar-refractivity contribution < 1.29 is 14.3 Å². The molecule has 0 aliphatic carbocycles. The Kier molecular flexibility index (Phi) is 4.70. The summed E-state index contributed by atoms with van der Waals surface area (Å²) in [5.41, 5.74) is 1.13. The highest BCUT2D eigenvalue weighted by Gasteiger charge is 2.22. The molecule has 0 fully saturated rings. The van der Waals surface area contributed by atoms with Crippen LogP contribution in [0.1, 0.15) is 43.6 Å². The monoisotopic (exact) mass is 263 g/mol. The number of benzene rings is 1. The second-order valence-corrected chi connectivity index (χ2v) is 5.35. The van der Waals surface area contributed by atoms with Crippen LogP contribution in [0, 0.1) is 0 Å². The molecule has 0 heterocycles. The van der Waals surface area contributed by atoms with Gasteiger partial charge in [-0.05, 0) is 30.5 Å². The number of hydrogen-bond donors (Lipinski definition) is 1. The molecule has 0 aliphatic rings. The molecule has 0 saturated heterocycles. The maximum atomic E-state index is 12.0. The van der Waals surface area contributed by atoms with Crippen LogP contribution in [0.2, 0.25) is 0 Å². The van der Waals surface area contributed by atoms with Gasteiger partial charge >= 0.3 is 0 Å². The molecule has 4 heteroatoms. The molecule has 1 aromatic rings. The molecule has 4 nitrogen and oxygen atoms in total. The highest BCUT2D eigenvalue weighted by molar-refractivity contribution is 6.42. The van der Waals surface area contributed by atoms with Gasteiger partial charge in [0, 0.05) is 17.7 Å². The van der Waals surface area contributed by atoms with Gasteiger partial charge in [-0.3, -0.25) is 9.59 Å². The minimum atomic E-state index is -0.576. The van der Waals surface area contributed by atoms with Crippen LogP contribution in [-0.4, -0.2) is 25.3 Å². The van der Waals surface area contributed by atoms with Crippen LogP contribution in [-0.2, 0) is 10.2 Å². The lowest BCUT2D eigenvalue weighted by Gasteiger charge is -2.22. The Morgan fingerprint density at radius 2 is 1.89 bits per heavy atom. The van der Waals surface area contributed by atoms with E-state index in [0.717, 1.165) is 11.3 Å². The standard InChI is InChI=1S/C15H21NO3/c1-6-16-14(18)13(17)10-7-8-12(19-5)11(9-10)15(2,3)4/h7-9H,6H2,1-5H3,(H,16,18). The predicted molar refractivity (Wildman–Crippen MR) is 74.7 cm³/mol. The van der Waals surface area contributed by atoms with Gasteiger partial charge in [0.05, 0.1) is 7.11 Å². The van der Waals surface area contributed by atoms with Crippen LogP contribution in [0.25, 0.3) is 0 Å². The molecule has 0 radical (unpaired) electrons. The third kappa shape index (κ3) is 3.56. The van der Waals surface area contributed by atoms with Gasteiger partial charge in [0.25, 0.3) is 5.91 Å². The lowest BCUT2D eigenvalue weighted by Crippen LogP contribution is -2.31. The van der Waals surface area contributed by atoms with Crippen molar-refractivity contribution in [2.24, 2.45) is 0 Å². The van der Waals surface area contributed by atoms with Gasteiger partial charge in [-0.25, -0.2) is 0 Å². The summed E-state index contributed by atoms with van der Waals surface area (Å²) in [7, 11) is 1.59. The van der Waals surface area contributed by atoms with Crippen molar-refractivity contribution in [1.29, 1.82) is 0 Å². The molecule has 0 saturated carbocycles. The van der Waals surface area contributed by atoms with Gasteiger partial charge in [0.1, 0.15) is 5.75 Å². The summed E-state index contributed by atoms with van der Waals surface area (Å²) in [6.45, 7) is 8.31. The van der Waals surface area contributed by atoms with Crippen LogP contribution in [0.3, 0.4) is 0 Å². The number of ketones is 1. The highest BCUT2D eigenvalue weighted by atomic mass is 16.5. The SMILES string of the molecule is CCNC(=O)C(=O)c1ccc(OC)c(C(C)(C)C)c1. The van der Waals surface area contributed by atoms with Gasteiger partial charge in [0.15, 0.2) is 0 Å². The van der Waals surface area contributed by atoms with Gasteiger partial charge in [-0.1, -0.05) is 20.8 Å². The van der Waals surface area contributed by atoms with Crippen LogP contribution < -0.4 is 10.1 Å². The van der Waals surface area contributed by atoms with Crippen LogP contribution in [0.15, 0.2) is 18.2 Å². The minimum Gasteiger partial charge on any atom is -0.496 e. The fourth-order valence-electron chi connectivity index (χ4n) is 1.81.